The molecule has 0 aliphatic carbocycles. The molecule has 1 aliphatic rings. The van der Waals surface area contributed by atoms with E-state index in [1.807, 2.05) is 40.7 Å². The Morgan fingerprint density at radius 1 is 1.33 bits per heavy atom. The van der Waals surface area contributed by atoms with Gasteiger partial charge in [0.05, 0.1) is 9.90 Å². The molecule has 2 aromatic heterocycles. The van der Waals surface area contributed by atoms with E-state index in [2.05, 4.69) is 13.8 Å². The van der Waals surface area contributed by atoms with Gasteiger partial charge in [0, 0.05) is 33.5 Å². The van der Waals surface area contributed by atoms with Gasteiger partial charge in [-0.05, 0) is 17.7 Å². The lowest BCUT2D eigenvalue weighted by Gasteiger charge is -2.37. The van der Waals surface area contributed by atoms with Gasteiger partial charge in [-0.2, -0.15) is 5.48 Å². The van der Waals surface area contributed by atoms with Crippen molar-refractivity contribution in [1.29, 1.82) is 0 Å². The van der Waals surface area contributed by atoms with Crippen molar-refractivity contribution in [3.05, 3.63) is 55.5 Å². The Kier molecular flexibility index (Phi) is 4.78. The van der Waals surface area contributed by atoms with Gasteiger partial charge in [0.1, 0.15) is 4.88 Å². The molecule has 1 amide bonds. The fourth-order valence-electron chi connectivity index (χ4n) is 3.59. The first kappa shape index (κ1) is 18.9. The average molecular weight is 423 g/mol. The number of hydroxylamine groups is 1. The van der Waals surface area contributed by atoms with Gasteiger partial charge in [0.2, 0.25) is 0 Å². The number of nitrogens with one attached hydrogen (secondary N) is 1. The summed E-state index contributed by atoms with van der Waals surface area (Å²) in [7, 11) is 0. The van der Waals surface area contributed by atoms with E-state index in [0.29, 0.717) is 27.9 Å². The minimum Gasteiger partial charge on any atom is -0.371 e. The number of carbonyl (C=O) groups is 1. The van der Waals surface area contributed by atoms with Crippen LogP contribution in [0.25, 0.3) is 10.1 Å². The van der Waals surface area contributed by atoms with Gasteiger partial charge in [-0.15, -0.1) is 22.7 Å². The Labute approximate surface area is 169 Å². The Morgan fingerprint density at radius 3 is 2.78 bits per heavy atom. The predicted octanol–water partition coefficient (Wildman–Crippen LogP) is 4.52. The third-order valence-corrected chi connectivity index (χ3v) is 8.06. The molecule has 1 unspecified atom stereocenters. The number of hydrogen-bond acceptors (Lipinski definition) is 6. The molecule has 0 fully saturated rings. The van der Waals surface area contributed by atoms with Crippen molar-refractivity contribution in [3.8, 4) is 0 Å². The number of halogens is 1. The maximum Gasteiger partial charge on any atom is 0.265 e. The van der Waals surface area contributed by atoms with E-state index in [1.54, 1.807) is 0 Å². The van der Waals surface area contributed by atoms with Gasteiger partial charge in [-0.25, -0.2) is 0 Å². The van der Waals surface area contributed by atoms with Crippen molar-refractivity contribution in [2.75, 3.05) is 6.54 Å². The van der Waals surface area contributed by atoms with Gasteiger partial charge >= 0.3 is 0 Å². The van der Waals surface area contributed by atoms with E-state index in [-0.39, 0.29) is 11.3 Å². The van der Waals surface area contributed by atoms with E-state index in [4.69, 9.17) is 16.8 Å². The van der Waals surface area contributed by atoms with Crippen LogP contribution in [0.15, 0.2) is 30.3 Å². The third-order valence-electron chi connectivity index (χ3n) is 4.80. The van der Waals surface area contributed by atoms with E-state index in [0.717, 1.165) is 20.5 Å². The monoisotopic (exact) mass is 422 g/mol. The van der Waals surface area contributed by atoms with Crippen molar-refractivity contribution in [2.45, 2.75) is 32.0 Å². The number of thiophene rings is 2. The summed E-state index contributed by atoms with van der Waals surface area (Å²) >= 11 is 9.38. The standard InChI is InChI=1S/C19H19ClN2O3S2/c1-19(2)9-22(8-10-7-13(17(23)21-25)27-16(10)19)18(24)15-14(20)11-5-3-4-6-12(11)26-15/h3-7,17,21,23,25H,8-9H2,1-2H3. The van der Waals surface area contributed by atoms with Gasteiger partial charge in [-0.1, -0.05) is 43.6 Å². The molecule has 0 saturated carbocycles. The van der Waals surface area contributed by atoms with E-state index < -0.39 is 6.23 Å². The summed E-state index contributed by atoms with van der Waals surface area (Å²) in [6.45, 7) is 5.18. The number of fused-ring (bicyclic) bond motifs is 2. The van der Waals surface area contributed by atoms with Crippen LogP contribution in [0.4, 0.5) is 0 Å². The molecule has 3 heterocycles. The highest BCUT2D eigenvalue weighted by molar-refractivity contribution is 7.21. The SMILES string of the molecule is CC1(C)CN(C(=O)c2sc3ccccc3c2Cl)Cc2cc(C(O)NO)sc21. The maximum absolute atomic E-state index is 13.2. The number of rotatable bonds is 3. The first-order valence-corrected chi connectivity index (χ1v) is 10.5. The summed E-state index contributed by atoms with van der Waals surface area (Å²) in [6.07, 6.45) is -1.13. The first-order valence-electron chi connectivity index (χ1n) is 8.49. The molecule has 1 atom stereocenters. The lowest BCUT2D eigenvalue weighted by molar-refractivity contribution is 0.00286. The number of benzene rings is 1. The molecule has 0 bridgehead atoms. The topological polar surface area (TPSA) is 72.8 Å². The molecule has 4 rings (SSSR count). The van der Waals surface area contributed by atoms with Crippen LogP contribution in [0, 0.1) is 0 Å². The minimum absolute atomic E-state index is 0.0755. The van der Waals surface area contributed by atoms with Crippen LogP contribution in [-0.4, -0.2) is 27.7 Å². The lowest BCUT2D eigenvalue weighted by atomic mass is 9.85. The second-order valence-electron chi connectivity index (χ2n) is 7.32. The van der Waals surface area contributed by atoms with Crippen LogP contribution in [0.1, 0.15) is 45.1 Å². The second kappa shape index (κ2) is 6.84. The van der Waals surface area contributed by atoms with E-state index >= 15 is 0 Å². The van der Waals surface area contributed by atoms with Crippen molar-refractivity contribution >= 4 is 50.3 Å². The molecule has 0 radical (unpaired) electrons. The van der Waals surface area contributed by atoms with Gasteiger partial charge in [0.25, 0.3) is 5.91 Å². The lowest BCUT2D eigenvalue weighted by Crippen LogP contribution is -2.44. The second-order valence-corrected chi connectivity index (χ2v) is 9.84. The number of carbonyl (C=O) groups excluding carboxylic acids is 1. The van der Waals surface area contributed by atoms with E-state index in [9.17, 15) is 9.90 Å². The van der Waals surface area contributed by atoms with Gasteiger partial charge in [-0.3, -0.25) is 4.79 Å². The normalized spacial score (nSPS) is 17.1. The number of nitrogens with zero attached hydrogens (tertiary/aromatic N) is 1. The molecule has 0 saturated heterocycles. The number of amides is 1. The molecular weight excluding hydrogens is 404 g/mol. The van der Waals surface area contributed by atoms with Crippen LogP contribution in [0.5, 0.6) is 0 Å². The largest absolute Gasteiger partial charge is 0.371 e. The molecule has 1 aliphatic heterocycles. The van der Waals surface area contributed by atoms with Gasteiger partial charge < -0.3 is 15.2 Å². The number of aliphatic hydroxyl groups is 1. The third kappa shape index (κ3) is 3.18. The Hall–Kier alpha value is -1.48. The zero-order valence-electron chi connectivity index (χ0n) is 14.8. The Balaban J connectivity index is 1.69. The van der Waals surface area contributed by atoms with Crippen LogP contribution >= 0.6 is 34.3 Å². The molecular formula is C19H19ClN2O3S2. The van der Waals surface area contributed by atoms with Gasteiger partial charge in [0.15, 0.2) is 6.23 Å². The highest BCUT2D eigenvalue weighted by Gasteiger charge is 2.37. The number of hydrogen-bond donors (Lipinski definition) is 3. The molecule has 142 valence electrons. The zero-order chi connectivity index (χ0) is 19.3. The number of aliphatic hydroxyl groups excluding tert-OH is 1. The average Bonchev–Trinajstić information content (AvgIpc) is 3.22. The Morgan fingerprint density at radius 2 is 2.07 bits per heavy atom. The van der Waals surface area contributed by atoms with Crippen LogP contribution in [-0.2, 0) is 12.0 Å². The van der Waals surface area contributed by atoms with Crippen LogP contribution in [0.2, 0.25) is 5.02 Å². The zero-order valence-corrected chi connectivity index (χ0v) is 17.2. The van der Waals surface area contributed by atoms with Crippen molar-refractivity contribution in [1.82, 2.24) is 10.4 Å². The molecule has 3 N–H and O–H groups in total. The summed E-state index contributed by atoms with van der Waals surface area (Å²) in [5, 5.41) is 20.3. The first-order chi connectivity index (χ1) is 12.8. The van der Waals surface area contributed by atoms with Crippen molar-refractivity contribution in [2.24, 2.45) is 0 Å². The smallest absolute Gasteiger partial charge is 0.265 e. The fraction of sp³-hybridized carbons (Fsp3) is 0.316. The van der Waals surface area contributed by atoms with Crippen LogP contribution < -0.4 is 5.48 Å². The van der Waals surface area contributed by atoms with Crippen LogP contribution in [0.3, 0.4) is 0 Å². The van der Waals surface area contributed by atoms with Crippen molar-refractivity contribution in [3.63, 3.8) is 0 Å². The molecule has 3 aromatic rings. The predicted molar refractivity (Wildman–Crippen MR) is 109 cm³/mol. The van der Waals surface area contributed by atoms with Crippen molar-refractivity contribution < 1.29 is 15.1 Å². The minimum atomic E-state index is -1.13. The fourth-order valence-corrected chi connectivity index (χ4v) is 6.26. The summed E-state index contributed by atoms with van der Waals surface area (Å²) in [4.78, 5) is 17.4. The Bertz CT molecular complexity index is 1030. The highest BCUT2D eigenvalue weighted by atomic mass is 35.5. The molecule has 8 heteroatoms. The highest BCUT2D eigenvalue weighted by Crippen LogP contribution is 2.42. The molecule has 5 nitrogen and oxygen atoms in total. The summed E-state index contributed by atoms with van der Waals surface area (Å²) < 4.78 is 0.998. The summed E-state index contributed by atoms with van der Waals surface area (Å²) in [5.41, 5.74) is 2.60. The molecule has 27 heavy (non-hydrogen) atoms. The quantitative estimate of drug-likeness (QED) is 0.428. The summed E-state index contributed by atoms with van der Waals surface area (Å²) in [5.74, 6) is -0.0755. The molecule has 0 spiro atoms. The van der Waals surface area contributed by atoms with E-state index in [1.165, 1.54) is 22.7 Å². The summed E-state index contributed by atoms with van der Waals surface area (Å²) in [6, 6.07) is 9.60. The maximum atomic E-state index is 13.2. The molecule has 1 aromatic carbocycles.